The molecule has 5 rings (SSSR count). The Hall–Kier alpha value is -1.57. The van der Waals surface area contributed by atoms with Gasteiger partial charge >= 0.3 is 0 Å². The van der Waals surface area contributed by atoms with Crippen LogP contribution in [0.1, 0.15) is 74.1 Å². The zero-order valence-corrected chi connectivity index (χ0v) is 21.8. The molecule has 1 saturated heterocycles. The normalized spacial score (nSPS) is 28.8. The lowest BCUT2D eigenvalue weighted by Crippen LogP contribution is -2.64. The number of para-hydroxylation sites is 2. The Bertz CT molecular complexity index is 1040. The number of hydrogen-bond donors (Lipinski definition) is 0. The minimum absolute atomic E-state index is 0.0418. The molecule has 0 aromatic heterocycles. The van der Waals surface area contributed by atoms with Crippen molar-refractivity contribution in [2.24, 2.45) is 0 Å². The van der Waals surface area contributed by atoms with Crippen LogP contribution in [0.4, 0.5) is 0 Å². The van der Waals surface area contributed by atoms with E-state index in [1.165, 1.54) is 33.3 Å². The van der Waals surface area contributed by atoms with Crippen LogP contribution in [0.2, 0.25) is 0 Å². The van der Waals surface area contributed by atoms with Crippen molar-refractivity contribution in [2.75, 3.05) is 0 Å². The lowest BCUT2D eigenvalue weighted by molar-refractivity contribution is 0.0262. The number of hydrogen-bond acceptors (Lipinski definition) is 7. The van der Waals surface area contributed by atoms with Gasteiger partial charge in [0.25, 0.3) is 0 Å². The molecular formula is C26H28O4S3. The molecule has 0 amide bonds. The molecule has 0 saturated carbocycles. The maximum absolute atomic E-state index is 14.3. The molecule has 2 atom stereocenters. The van der Waals surface area contributed by atoms with Crippen molar-refractivity contribution in [3.05, 3.63) is 59.7 Å². The second-order valence-electron chi connectivity index (χ2n) is 8.76. The number of Topliss-reactive ketones (excluding diaryl/α,β-unsaturated/α-hetero) is 2. The van der Waals surface area contributed by atoms with E-state index in [1.807, 2.05) is 48.5 Å². The molecule has 0 N–H and O–H groups in total. The monoisotopic (exact) mass is 500 g/mol. The minimum Gasteiger partial charge on any atom is -0.484 e. The van der Waals surface area contributed by atoms with Gasteiger partial charge in [-0.25, -0.2) is 0 Å². The first-order valence-corrected chi connectivity index (χ1v) is 14.6. The molecule has 0 unspecified atom stereocenters. The van der Waals surface area contributed by atoms with E-state index in [0.29, 0.717) is 48.3 Å². The number of fused-ring (bicyclic) bond motifs is 2. The van der Waals surface area contributed by atoms with E-state index in [4.69, 9.17) is 9.47 Å². The summed E-state index contributed by atoms with van der Waals surface area (Å²) in [5, 5.41) is 0. The Morgan fingerprint density at radius 3 is 1.36 bits per heavy atom. The van der Waals surface area contributed by atoms with Gasteiger partial charge in [0, 0.05) is 0 Å². The third kappa shape index (κ3) is 2.82. The molecule has 2 spiro atoms. The molecule has 2 aromatic carbocycles. The van der Waals surface area contributed by atoms with Gasteiger partial charge < -0.3 is 9.47 Å². The summed E-state index contributed by atoms with van der Waals surface area (Å²) >= 11 is 1.49. The number of carbonyl (C=O) groups excluding carboxylic acids is 2. The summed E-state index contributed by atoms with van der Waals surface area (Å²) in [5.74, 6) is 1.36. The molecule has 33 heavy (non-hydrogen) atoms. The molecule has 3 heterocycles. The fourth-order valence-electron chi connectivity index (χ4n) is 5.39. The summed E-state index contributed by atoms with van der Waals surface area (Å²) < 4.78 is 11.4. The number of carbonyl (C=O) groups is 2. The summed E-state index contributed by atoms with van der Waals surface area (Å²) in [5.41, 5.74) is -0.268. The van der Waals surface area contributed by atoms with Crippen molar-refractivity contribution in [1.29, 1.82) is 0 Å². The van der Waals surface area contributed by atoms with E-state index < -0.39 is 19.4 Å². The average molecular weight is 501 g/mol. The van der Waals surface area contributed by atoms with E-state index in [9.17, 15) is 9.59 Å². The highest BCUT2D eigenvalue weighted by Gasteiger charge is 2.75. The van der Waals surface area contributed by atoms with Gasteiger partial charge in [0.05, 0.1) is 11.1 Å². The van der Waals surface area contributed by atoms with Crippen LogP contribution in [0.5, 0.6) is 11.5 Å². The Morgan fingerprint density at radius 1 is 0.636 bits per heavy atom. The van der Waals surface area contributed by atoms with Crippen molar-refractivity contribution >= 4 is 44.9 Å². The molecule has 7 heteroatoms. The standard InChI is InChI=1S/C26H28O4S3/c1-5-23(6-2)25(21(27)17-13-9-11-15-19(17)29-23)31-26(33-32-25)22(28)18-14-10-12-16-20(18)30-24(26,7-3)8-4/h9-16H,5-8H2,1-4H3/t25-,26-/m1/s1. The molecule has 174 valence electrons. The van der Waals surface area contributed by atoms with E-state index >= 15 is 0 Å². The highest BCUT2D eigenvalue weighted by Crippen LogP contribution is 2.76. The number of thioether (sulfide) groups is 1. The number of ketones is 2. The second-order valence-corrected chi connectivity index (χ2v) is 13.3. The Balaban J connectivity index is 1.72. The third-order valence-electron chi connectivity index (χ3n) is 7.52. The van der Waals surface area contributed by atoms with Crippen molar-refractivity contribution in [3.63, 3.8) is 0 Å². The van der Waals surface area contributed by atoms with Crippen molar-refractivity contribution < 1.29 is 19.1 Å². The molecule has 0 radical (unpaired) electrons. The average Bonchev–Trinajstić information content (AvgIpc) is 3.27. The van der Waals surface area contributed by atoms with Gasteiger partial charge in [-0.3, -0.25) is 9.59 Å². The van der Waals surface area contributed by atoms with Crippen LogP contribution in [0.3, 0.4) is 0 Å². The summed E-state index contributed by atoms with van der Waals surface area (Å²) in [4.78, 5) is 28.5. The minimum atomic E-state index is -0.948. The number of ether oxygens (including phenoxy) is 2. The Kier molecular flexibility index (Phi) is 5.61. The topological polar surface area (TPSA) is 52.6 Å². The predicted octanol–water partition coefficient (Wildman–Crippen LogP) is 7.18. The quantitative estimate of drug-likeness (QED) is 0.412. The van der Waals surface area contributed by atoms with Crippen molar-refractivity contribution in [2.45, 2.75) is 72.7 Å². The number of benzene rings is 2. The van der Waals surface area contributed by atoms with Gasteiger partial charge in [0.2, 0.25) is 0 Å². The summed E-state index contributed by atoms with van der Waals surface area (Å²) in [7, 11) is 3.03. The molecule has 1 fully saturated rings. The second kappa shape index (κ2) is 7.99. The lowest BCUT2D eigenvalue weighted by atomic mass is 9.83. The van der Waals surface area contributed by atoms with Crippen LogP contribution >= 0.6 is 33.3 Å². The van der Waals surface area contributed by atoms with E-state index in [1.54, 1.807) is 0 Å². The van der Waals surface area contributed by atoms with Crippen LogP contribution < -0.4 is 9.47 Å². The SMILES string of the molecule is CCC1(CC)Oc2ccccc2C(=O)[C@@]12SS[C@]1(S2)C(=O)c2ccccc2OC1(CC)CC. The molecule has 4 nitrogen and oxygen atoms in total. The fourth-order valence-corrected chi connectivity index (χ4v) is 13.3. The Morgan fingerprint density at radius 2 is 1.00 bits per heavy atom. The maximum Gasteiger partial charge on any atom is 0.197 e. The van der Waals surface area contributed by atoms with Crippen molar-refractivity contribution in [3.8, 4) is 11.5 Å². The van der Waals surface area contributed by atoms with Gasteiger partial charge in [-0.2, -0.15) is 0 Å². The lowest BCUT2D eigenvalue weighted by Gasteiger charge is -2.52. The molecule has 2 aromatic rings. The molecule has 3 aliphatic rings. The smallest absolute Gasteiger partial charge is 0.197 e. The first-order valence-electron chi connectivity index (χ1n) is 11.6. The van der Waals surface area contributed by atoms with Crippen LogP contribution in [0, 0.1) is 0 Å². The van der Waals surface area contributed by atoms with E-state index in [2.05, 4.69) is 27.7 Å². The van der Waals surface area contributed by atoms with E-state index in [0.717, 1.165) is 0 Å². The van der Waals surface area contributed by atoms with Crippen LogP contribution in [0.15, 0.2) is 48.5 Å². The first-order chi connectivity index (χ1) is 15.9. The van der Waals surface area contributed by atoms with Gasteiger partial charge in [0.15, 0.2) is 19.7 Å². The summed E-state index contributed by atoms with van der Waals surface area (Å²) in [6, 6.07) is 15.0. The highest BCUT2D eigenvalue weighted by molar-refractivity contribution is 8.84. The van der Waals surface area contributed by atoms with Gasteiger partial charge in [0.1, 0.15) is 22.7 Å². The molecular weight excluding hydrogens is 472 g/mol. The predicted molar refractivity (Wildman–Crippen MR) is 138 cm³/mol. The van der Waals surface area contributed by atoms with Crippen molar-refractivity contribution in [1.82, 2.24) is 0 Å². The highest BCUT2D eigenvalue weighted by atomic mass is 33.1. The summed E-state index contributed by atoms with van der Waals surface area (Å²) in [6.07, 6.45) is 2.66. The van der Waals surface area contributed by atoms with Gasteiger partial charge in [-0.15, -0.1) is 0 Å². The molecule has 0 bridgehead atoms. The third-order valence-corrected chi connectivity index (χ3v) is 14.3. The Labute approximate surface area is 207 Å². The van der Waals surface area contributed by atoms with Crippen LogP contribution in [-0.2, 0) is 0 Å². The zero-order valence-electron chi connectivity index (χ0n) is 19.3. The maximum atomic E-state index is 14.3. The fraction of sp³-hybridized carbons (Fsp3) is 0.462. The molecule has 0 aliphatic carbocycles. The van der Waals surface area contributed by atoms with E-state index in [-0.39, 0.29) is 11.6 Å². The number of rotatable bonds is 4. The van der Waals surface area contributed by atoms with Gasteiger partial charge in [-0.1, -0.05) is 85.3 Å². The van der Waals surface area contributed by atoms with Gasteiger partial charge in [-0.05, 0) is 49.9 Å². The van der Waals surface area contributed by atoms with Crippen LogP contribution in [-0.4, -0.2) is 30.9 Å². The first kappa shape index (κ1) is 23.2. The van der Waals surface area contributed by atoms with Crippen LogP contribution in [0.25, 0.3) is 0 Å². The summed E-state index contributed by atoms with van der Waals surface area (Å²) in [6.45, 7) is 8.30. The zero-order chi connectivity index (χ0) is 23.5. The largest absolute Gasteiger partial charge is 0.484 e. The molecule has 3 aliphatic heterocycles.